The normalized spacial score (nSPS) is 23.2. The number of nitrogens with zero attached hydrogens (tertiary/aromatic N) is 3. The second-order valence-electron chi connectivity index (χ2n) is 6.79. The van der Waals surface area contributed by atoms with Crippen LogP contribution < -0.4 is 10.6 Å². The number of rotatable bonds is 2. The molecule has 1 saturated carbocycles. The molecule has 4 nitrogen and oxygen atoms in total. The lowest BCUT2D eigenvalue weighted by molar-refractivity contribution is 0.325. The summed E-state index contributed by atoms with van der Waals surface area (Å²) in [5.74, 6) is 3.17. The van der Waals surface area contributed by atoms with Crippen molar-refractivity contribution in [3.8, 4) is 0 Å². The molecule has 1 aliphatic heterocycles. The van der Waals surface area contributed by atoms with Gasteiger partial charge in [0.1, 0.15) is 17.5 Å². The Kier molecular flexibility index (Phi) is 3.11. The molecule has 19 heavy (non-hydrogen) atoms. The van der Waals surface area contributed by atoms with Gasteiger partial charge in [-0.15, -0.1) is 0 Å². The molecule has 2 aliphatic rings. The lowest BCUT2D eigenvalue weighted by Gasteiger charge is -2.24. The predicted octanol–water partition coefficient (Wildman–Crippen LogP) is 2.95. The van der Waals surface area contributed by atoms with Crippen molar-refractivity contribution in [2.45, 2.75) is 51.9 Å². The van der Waals surface area contributed by atoms with Gasteiger partial charge in [0.25, 0.3) is 0 Å². The van der Waals surface area contributed by atoms with Crippen molar-refractivity contribution < 1.29 is 0 Å². The van der Waals surface area contributed by atoms with Crippen molar-refractivity contribution in [2.24, 2.45) is 5.41 Å². The molecule has 2 N–H and O–H groups in total. The Morgan fingerprint density at radius 1 is 1.21 bits per heavy atom. The number of aromatic nitrogens is 2. The largest absolute Gasteiger partial charge is 0.384 e. The number of hydrogen-bond donors (Lipinski definition) is 1. The average molecular weight is 260 g/mol. The fraction of sp³-hybridized carbons (Fsp3) is 0.733. The van der Waals surface area contributed by atoms with Crippen molar-refractivity contribution in [2.75, 3.05) is 23.7 Å². The second kappa shape index (κ2) is 4.66. The molecule has 2 fully saturated rings. The predicted molar refractivity (Wildman–Crippen MR) is 78.3 cm³/mol. The van der Waals surface area contributed by atoms with Gasteiger partial charge in [-0.1, -0.05) is 13.8 Å². The zero-order chi connectivity index (χ0) is 13.5. The van der Waals surface area contributed by atoms with Crippen LogP contribution in [0.5, 0.6) is 0 Å². The zero-order valence-electron chi connectivity index (χ0n) is 12.0. The summed E-state index contributed by atoms with van der Waals surface area (Å²) < 4.78 is 0. The van der Waals surface area contributed by atoms with Gasteiger partial charge >= 0.3 is 0 Å². The third-order valence-electron chi connectivity index (χ3n) is 4.36. The number of hydrogen-bond acceptors (Lipinski definition) is 4. The molecule has 1 aromatic heterocycles. The minimum Gasteiger partial charge on any atom is -0.384 e. The smallest absolute Gasteiger partial charge is 0.136 e. The highest BCUT2D eigenvalue weighted by molar-refractivity contribution is 5.47. The van der Waals surface area contributed by atoms with Crippen molar-refractivity contribution in [3.05, 3.63) is 11.9 Å². The van der Waals surface area contributed by atoms with E-state index < -0.39 is 0 Å². The van der Waals surface area contributed by atoms with Crippen LogP contribution in [0.2, 0.25) is 0 Å². The summed E-state index contributed by atoms with van der Waals surface area (Å²) in [5.41, 5.74) is 6.40. The molecule has 0 aromatic carbocycles. The van der Waals surface area contributed by atoms with Crippen molar-refractivity contribution in [1.82, 2.24) is 9.97 Å². The molecule has 1 aliphatic carbocycles. The van der Waals surface area contributed by atoms with Crippen molar-refractivity contribution in [1.29, 1.82) is 0 Å². The molecular formula is C15H24N4. The summed E-state index contributed by atoms with van der Waals surface area (Å²) in [7, 11) is 0. The van der Waals surface area contributed by atoms with Crippen LogP contribution in [0.4, 0.5) is 11.6 Å². The Labute approximate surface area is 115 Å². The van der Waals surface area contributed by atoms with E-state index in [0.29, 0.717) is 17.2 Å². The van der Waals surface area contributed by atoms with Crippen LogP contribution in [0.15, 0.2) is 6.07 Å². The molecule has 0 atom stereocenters. The first kappa shape index (κ1) is 12.7. The molecule has 0 radical (unpaired) electrons. The Morgan fingerprint density at radius 3 is 2.74 bits per heavy atom. The molecule has 1 saturated heterocycles. The van der Waals surface area contributed by atoms with Gasteiger partial charge < -0.3 is 10.6 Å². The maximum absolute atomic E-state index is 5.95. The van der Waals surface area contributed by atoms with E-state index in [9.17, 15) is 0 Å². The summed E-state index contributed by atoms with van der Waals surface area (Å²) >= 11 is 0. The second-order valence-corrected chi connectivity index (χ2v) is 6.79. The van der Waals surface area contributed by atoms with Crippen molar-refractivity contribution >= 4 is 11.6 Å². The highest BCUT2D eigenvalue weighted by Crippen LogP contribution is 2.39. The molecule has 0 amide bonds. The van der Waals surface area contributed by atoms with E-state index in [1.54, 1.807) is 0 Å². The molecule has 2 heterocycles. The van der Waals surface area contributed by atoms with Crippen LogP contribution in [-0.4, -0.2) is 23.1 Å². The Hall–Kier alpha value is -1.32. The average Bonchev–Trinajstić information content (AvgIpc) is 3.15. The SMILES string of the molecule is CC1(C)CCCN(c2cc(N)nc(C3CC3)n2)CC1. The highest BCUT2D eigenvalue weighted by atomic mass is 15.2. The van der Waals surface area contributed by atoms with Gasteiger partial charge in [0, 0.05) is 25.1 Å². The minimum absolute atomic E-state index is 0.451. The van der Waals surface area contributed by atoms with Crippen LogP contribution >= 0.6 is 0 Å². The Morgan fingerprint density at radius 2 is 2.00 bits per heavy atom. The molecule has 0 unspecified atom stereocenters. The minimum atomic E-state index is 0.451. The monoisotopic (exact) mass is 260 g/mol. The number of nitrogen functional groups attached to an aromatic ring is 1. The van der Waals surface area contributed by atoms with E-state index >= 15 is 0 Å². The summed E-state index contributed by atoms with van der Waals surface area (Å²) in [6.45, 7) is 6.89. The number of anilines is 2. The molecule has 4 heteroatoms. The van der Waals surface area contributed by atoms with Crippen LogP contribution in [0, 0.1) is 5.41 Å². The fourth-order valence-electron chi connectivity index (χ4n) is 2.81. The number of nitrogens with two attached hydrogens (primary N) is 1. The van der Waals surface area contributed by atoms with Gasteiger partial charge in [-0.25, -0.2) is 9.97 Å². The molecule has 3 rings (SSSR count). The van der Waals surface area contributed by atoms with E-state index in [2.05, 4.69) is 23.7 Å². The van der Waals surface area contributed by atoms with E-state index in [1.165, 1.54) is 32.1 Å². The first-order valence-corrected chi connectivity index (χ1v) is 7.43. The summed E-state index contributed by atoms with van der Waals surface area (Å²) in [6, 6.07) is 1.93. The first-order valence-electron chi connectivity index (χ1n) is 7.43. The molecular weight excluding hydrogens is 236 g/mol. The van der Waals surface area contributed by atoms with E-state index in [-0.39, 0.29) is 0 Å². The molecule has 0 spiro atoms. The first-order chi connectivity index (χ1) is 9.03. The van der Waals surface area contributed by atoms with Crippen LogP contribution in [-0.2, 0) is 0 Å². The van der Waals surface area contributed by atoms with E-state index in [4.69, 9.17) is 10.7 Å². The lowest BCUT2D eigenvalue weighted by Crippen LogP contribution is -2.26. The van der Waals surface area contributed by atoms with E-state index in [0.717, 1.165) is 24.7 Å². The van der Waals surface area contributed by atoms with Gasteiger partial charge in [-0.2, -0.15) is 0 Å². The Balaban J connectivity index is 1.81. The van der Waals surface area contributed by atoms with Gasteiger partial charge in [-0.3, -0.25) is 0 Å². The summed E-state index contributed by atoms with van der Waals surface area (Å²) in [4.78, 5) is 11.5. The third-order valence-corrected chi connectivity index (χ3v) is 4.36. The summed E-state index contributed by atoms with van der Waals surface area (Å²) in [5, 5.41) is 0. The van der Waals surface area contributed by atoms with E-state index in [1.807, 2.05) is 6.07 Å². The van der Waals surface area contributed by atoms with Gasteiger partial charge in [-0.05, 0) is 37.5 Å². The maximum Gasteiger partial charge on any atom is 0.136 e. The topological polar surface area (TPSA) is 55.0 Å². The van der Waals surface area contributed by atoms with Gasteiger partial charge in [0.2, 0.25) is 0 Å². The summed E-state index contributed by atoms with van der Waals surface area (Å²) in [6.07, 6.45) is 6.18. The highest BCUT2D eigenvalue weighted by Gasteiger charge is 2.29. The van der Waals surface area contributed by atoms with Crippen LogP contribution in [0.3, 0.4) is 0 Å². The lowest BCUT2D eigenvalue weighted by atomic mass is 9.85. The zero-order valence-corrected chi connectivity index (χ0v) is 12.0. The molecule has 1 aromatic rings. The Bertz CT molecular complexity index is 465. The van der Waals surface area contributed by atoms with Crippen LogP contribution in [0.25, 0.3) is 0 Å². The maximum atomic E-state index is 5.95. The van der Waals surface area contributed by atoms with Gasteiger partial charge in [0.15, 0.2) is 0 Å². The van der Waals surface area contributed by atoms with Crippen LogP contribution in [0.1, 0.15) is 57.7 Å². The van der Waals surface area contributed by atoms with Crippen molar-refractivity contribution in [3.63, 3.8) is 0 Å². The van der Waals surface area contributed by atoms with Gasteiger partial charge in [0.05, 0.1) is 0 Å². The standard InChI is InChI=1S/C15H24N4/c1-15(2)6-3-8-19(9-7-15)13-10-12(16)17-14(18-13)11-4-5-11/h10-11H,3-9H2,1-2H3,(H2,16,17,18). The fourth-order valence-corrected chi connectivity index (χ4v) is 2.81. The molecule has 0 bridgehead atoms. The third kappa shape index (κ3) is 2.99. The quantitative estimate of drug-likeness (QED) is 0.888. The molecule has 104 valence electrons.